The number of carbonyl (C=O) groups excluding carboxylic acids is 2. The van der Waals surface area contributed by atoms with Gasteiger partial charge in [-0.15, -0.1) is 0 Å². The Morgan fingerprint density at radius 2 is 1.46 bits per heavy atom. The third kappa shape index (κ3) is 2.74. The van der Waals surface area contributed by atoms with E-state index >= 15 is 0 Å². The highest BCUT2D eigenvalue weighted by atomic mass is 16.2. The molecule has 2 aromatic rings. The molecule has 0 spiro atoms. The molecule has 2 aliphatic rings. The molecule has 2 aromatic carbocycles. The summed E-state index contributed by atoms with van der Waals surface area (Å²) in [5, 5.41) is 3.61. The summed E-state index contributed by atoms with van der Waals surface area (Å²) in [5.41, 5.74) is 1.75. The minimum Gasteiger partial charge on any atom is -0.306 e. The number of hydrogen-bond donors (Lipinski definition) is 1. The number of amides is 2. The number of benzene rings is 2. The van der Waals surface area contributed by atoms with Crippen molar-refractivity contribution in [3.63, 3.8) is 0 Å². The van der Waals surface area contributed by atoms with Gasteiger partial charge in [-0.05, 0) is 30.0 Å². The van der Waals surface area contributed by atoms with Crippen LogP contribution in [-0.4, -0.2) is 17.9 Å². The Bertz CT molecular complexity index is 803. The van der Waals surface area contributed by atoms with Crippen LogP contribution in [0.5, 0.6) is 0 Å². The Hall–Kier alpha value is -2.46. The number of nitrogens with zero attached hydrogens (tertiary/aromatic N) is 1. The van der Waals surface area contributed by atoms with E-state index in [1.54, 1.807) is 0 Å². The highest BCUT2D eigenvalue weighted by Gasteiger charge is 2.59. The number of nitrogens with one attached hydrogen (secondary N) is 1. The van der Waals surface area contributed by atoms with Crippen molar-refractivity contribution in [1.82, 2.24) is 5.32 Å². The molecule has 2 saturated heterocycles. The van der Waals surface area contributed by atoms with Gasteiger partial charge in [0.25, 0.3) is 0 Å². The second kappa shape index (κ2) is 6.69. The van der Waals surface area contributed by atoms with E-state index in [-0.39, 0.29) is 35.7 Å². The minimum atomic E-state index is -0.339. The maximum atomic E-state index is 13.3. The maximum absolute atomic E-state index is 13.3. The Morgan fingerprint density at radius 1 is 0.885 bits per heavy atom. The molecule has 2 amide bonds. The van der Waals surface area contributed by atoms with Crippen LogP contribution >= 0.6 is 0 Å². The van der Waals surface area contributed by atoms with Gasteiger partial charge in [-0.25, -0.2) is 4.90 Å². The topological polar surface area (TPSA) is 49.4 Å². The Labute approximate surface area is 154 Å². The standard InChI is InChI=1S/C22H24N2O2/c1-14(2)13-17-18-19(20(23-17)15-9-5-3-6-10-15)22(26)24(21(18)25)16-11-7-4-8-12-16/h3-12,14,17-20,23H,13H2,1-2H3. The minimum absolute atomic E-state index is 0.0235. The lowest BCUT2D eigenvalue weighted by Gasteiger charge is -2.23. The normalized spacial score (nSPS) is 28.0. The Balaban J connectivity index is 1.74. The van der Waals surface area contributed by atoms with Crippen LogP contribution < -0.4 is 10.2 Å². The zero-order valence-corrected chi connectivity index (χ0v) is 15.1. The smallest absolute Gasteiger partial charge is 0.239 e. The van der Waals surface area contributed by atoms with Crippen molar-refractivity contribution in [2.24, 2.45) is 17.8 Å². The molecule has 2 aliphatic heterocycles. The molecular weight excluding hydrogens is 324 g/mol. The van der Waals surface area contributed by atoms with Gasteiger partial charge in [0.1, 0.15) is 0 Å². The van der Waals surface area contributed by atoms with Crippen molar-refractivity contribution in [2.75, 3.05) is 4.90 Å². The molecule has 4 rings (SSSR count). The van der Waals surface area contributed by atoms with Gasteiger partial charge >= 0.3 is 0 Å². The molecule has 0 bridgehead atoms. The Morgan fingerprint density at radius 3 is 2.08 bits per heavy atom. The molecule has 0 aliphatic carbocycles. The van der Waals surface area contributed by atoms with Crippen molar-refractivity contribution >= 4 is 17.5 Å². The first-order chi connectivity index (χ1) is 12.6. The zero-order valence-electron chi connectivity index (χ0n) is 15.1. The number of anilines is 1. The summed E-state index contributed by atoms with van der Waals surface area (Å²) < 4.78 is 0. The summed E-state index contributed by atoms with van der Waals surface area (Å²) in [6, 6.07) is 19.2. The van der Waals surface area contributed by atoms with Gasteiger partial charge in [-0.3, -0.25) is 9.59 Å². The van der Waals surface area contributed by atoms with Gasteiger partial charge in [0.05, 0.1) is 17.5 Å². The number of hydrogen-bond acceptors (Lipinski definition) is 3. The van der Waals surface area contributed by atoms with Crippen molar-refractivity contribution in [2.45, 2.75) is 32.4 Å². The van der Waals surface area contributed by atoms with Gasteiger partial charge in [0, 0.05) is 12.1 Å². The molecule has 1 N–H and O–H groups in total. The Kier molecular flexibility index (Phi) is 4.37. The lowest BCUT2D eigenvalue weighted by molar-refractivity contribution is -0.123. The number of carbonyl (C=O) groups is 2. The molecule has 134 valence electrons. The fraction of sp³-hybridized carbons (Fsp3) is 0.364. The second-order valence-electron chi connectivity index (χ2n) is 7.69. The second-order valence-corrected chi connectivity index (χ2v) is 7.69. The van der Waals surface area contributed by atoms with Crippen LogP contribution in [0.1, 0.15) is 31.9 Å². The van der Waals surface area contributed by atoms with Crippen LogP contribution in [0.4, 0.5) is 5.69 Å². The van der Waals surface area contributed by atoms with Crippen molar-refractivity contribution in [1.29, 1.82) is 0 Å². The number of rotatable bonds is 4. The third-order valence-corrected chi connectivity index (χ3v) is 5.48. The van der Waals surface area contributed by atoms with Crippen molar-refractivity contribution in [3.8, 4) is 0 Å². The molecule has 4 unspecified atom stereocenters. The molecule has 0 radical (unpaired) electrons. The lowest BCUT2D eigenvalue weighted by atomic mass is 9.84. The van der Waals surface area contributed by atoms with Crippen LogP contribution in [0.3, 0.4) is 0 Å². The summed E-state index contributed by atoms with van der Waals surface area (Å²) in [7, 11) is 0. The van der Waals surface area contributed by atoms with E-state index in [2.05, 4.69) is 19.2 Å². The zero-order chi connectivity index (χ0) is 18.3. The molecular formula is C22H24N2O2. The van der Waals surface area contributed by atoms with Gasteiger partial charge in [0.2, 0.25) is 11.8 Å². The molecule has 0 aromatic heterocycles. The quantitative estimate of drug-likeness (QED) is 0.860. The molecule has 4 heteroatoms. The monoisotopic (exact) mass is 348 g/mol. The van der Waals surface area contributed by atoms with Gasteiger partial charge < -0.3 is 5.32 Å². The molecule has 0 saturated carbocycles. The first-order valence-corrected chi connectivity index (χ1v) is 9.32. The molecule has 26 heavy (non-hydrogen) atoms. The van der Waals surface area contributed by atoms with E-state index in [0.717, 1.165) is 12.0 Å². The molecule has 2 heterocycles. The maximum Gasteiger partial charge on any atom is 0.239 e. The summed E-state index contributed by atoms with van der Waals surface area (Å²) in [6.45, 7) is 4.31. The van der Waals surface area contributed by atoms with Gasteiger partial charge in [0.15, 0.2) is 0 Å². The average molecular weight is 348 g/mol. The fourth-order valence-electron chi connectivity index (χ4n) is 4.44. The molecule has 4 nitrogen and oxygen atoms in total. The largest absolute Gasteiger partial charge is 0.306 e. The van der Waals surface area contributed by atoms with Crippen LogP contribution in [0.15, 0.2) is 60.7 Å². The number of imide groups is 1. The van der Waals surface area contributed by atoms with E-state index in [4.69, 9.17) is 0 Å². The lowest BCUT2D eigenvalue weighted by Crippen LogP contribution is -2.40. The van der Waals surface area contributed by atoms with Crippen LogP contribution in [0.25, 0.3) is 0 Å². The highest BCUT2D eigenvalue weighted by Crippen LogP contribution is 2.46. The predicted octanol–water partition coefficient (Wildman–Crippen LogP) is 3.55. The van der Waals surface area contributed by atoms with E-state index < -0.39 is 0 Å². The van der Waals surface area contributed by atoms with Crippen LogP contribution in [-0.2, 0) is 9.59 Å². The van der Waals surface area contributed by atoms with Gasteiger partial charge in [-0.1, -0.05) is 62.4 Å². The fourth-order valence-corrected chi connectivity index (χ4v) is 4.44. The van der Waals surface area contributed by atoms with E-state index in [1.807, 2.05) is 60.7 Å². The first kappa shape index (κ1) is 17.0. The van der Waals surface area contributed by atoms with Crippen molar-refractivity contribution < 1.29 is 9.59 Å². The van der Waals surface area contributed by atoms with E-state index in [1.165, 1.54) is 4.90 Å². The molecule has 4 atom stereocenters. The average Bonchev–Trinajstić information content (AvgIpc) is 3.13. The van der Waals surface area contributed by atoms with Gasteiger partial charge in [-0.2, -0.15) is 0 Å². The highest BCUT2D eigenvalue weighted by molar-refractivity contribution is 6.22. The van der Waals surface area contributed by atoms with Crippen LogP contribution in [0, 0.1) is 17.8 Å². The van der Waals surface area contributed by atoms with E-state index in [9.17, 15) is 9.59 Å². The first-order valence-electron chi connectivity index (χ1n) is 9.32. The summed E-state index contributed by atoms with van der Waals surface area (Å²) >= 11 is 0. The van der Waals surface area contributed by atoms with Crippen LogP contribution in [0.2, 0.25) is 0 Å². The third-order valence-electron chi connectivity index (χ3n) is 5.48. The van der Waals surface area contributed by atoms with E-state index in [0.29, 0.717) is 11.6 Å². The summed E-state index contributed by atoms with van der Waals surface area (Å²) in [5.74, 6) is -0.331. The SMILES string of the molecule is CC(C)CC1NC(c2ccccc2)C2C(=O)N(c3ccccc3)C(=O)C12. The molecule has 2 fully saturated rings. The van der Waals surface area contributed by atoms with Crippen molar-refractivity contribution in [3.05, 3.63) is 66.2 Å². The summed E-state index contributed by atoms with van der Waals surface area (Å²) in [4.78, 5) is 27.9. The number of fused-ring (bicyclic) bond motifs is 1. The predicted molar refractivity (Wildman–Crippen MR) is 101 cm³/mol. The number of para-hydroxylation sites is 1. The summed E-state index contributed by atoms with van der Waals surface area (Å²) in [6.07, 6.45) is 0.881.